The highest BCUT2D eigenvalue weighted by atomic mass is 16.7. The Balaban J connectivity index is 2.34. The van der Waals surface area contributed by atoms with Gasteiger partial charge in [0.05, 0.1) is 50.6 Å². The lowest BCUT2D eigenvalue weighted by molar-refractivity contribution is -0.525. The van der Waals surface area contributed by atoms with Crippen molar-refractivity contribution >= 4 is 93.4 Å². The standard InChI is InChI=1S/C59H84N16O16/c1-36(76)24-55(87)71-48(26-38-14-6-3-7-15-38)54(86)35-52(84)42(25-37-12-4-2-5-13-37)30-46(80)32-45(79)28-40(17-9-21-68-57(63)64)50(82)33-49(81)39(16-8-20-67-56(61)62)27-43(77)31-44(78)29-41(18-10-22-69-58(65)72-74(88)89)51(83)34-53(85)47(60)19-11-23-70-59(66)73-75(90)91/h2-7,12-15,39-42,47-48H,8-11,16-35,60H2,1H3,(H,71,87)(H4,61,62,67)(H4,63,64,68)(H3,65,69,72)(H3,66,70,73). The molecule has 32 nitrogen and oxygen atoms in total. The van der Waals surface area contributed by atoms with E-state index in [1.165, 1.54) is 6.92 Å². The molecule has 2 rings (SSSR count). The summed E-state index contributed by atoms with van der Waals surface area (Å²) in [6.45, 7) is 1.01. The van der Waals surface area contributed by atoms with Crippen molar-refractivity contribution < 1.29 is 67.6 Å². The van der Waals surface area contributed by atoms with Crippen LogP contribution in [0.1, 0.15) is 134 Å². The number of benzene rings is 2. The molecule has 0 radical (unpaired) electrons. The normalized spacial score (nSPS) is 13.3. The number of nitrogens with zero attached hydrogens (tertiary/aromatic N) is 6. The highest BCUT2D eigenvalue weighted by Gasteiger charge is 2.33. The Kier molecular flexibility index (Phi) is 35.7. The van der Waals surface area contributed by atoms with Crippen LogP contribution in [0, 0.1) is 43.9 Å². The van der Waals surface area contributed by atoms with Crippen molar-refractivity contribution in [3.8, 4) is 0 Å². The number of rotatable bonds is 49. The molecule has 0 spiro atoms. The summed E-state index contributed by atoms with van der Waals surface area (Å²) in [5, 5.41) is 22.0. The zero-order chi connectivity index (χ0) is 68.0. The first-order valence-electron chi connectivity index (χ1n) is 29.4. The molecule has 0 aliphatic rings. The number of aliphatic imine (C=N–C) groups is 4. The maximum absolute atomic E-state index is 14.2. The zero-order valence-corrected chi connectivity index (χ0v) is 51.0. The van der Waals surface area contributed by atoms with Crippen LogP contribution in [-0.2, 0) is 70.4 Å². The van der Waals surface area contributed by atoms with E-state index in [4.69, 9.17) is 40.1 Å². The molecule has 6 unspecified atom stereocenters. The SMILES string of the molecule is CC(=O)CC(=O)NC(Cc1ccccc1)C(=O)CC(=O)C(CC(=O)CC(=O)CC(CCCN=C(N)N)C(=O)CC(=O)C(CCCN=C(N)N)CC(=O)CC(=O)CC(CCCN=C(N)N[N+](=O)[O-])C(=O)CC(=O)C(N)CCCN=C(N)N[N+](=O)[O-])Cc1ccccc1. The summed E-state index contributed by atoms with van der Waals surface area (Å²) in [4.78, 5) is 199. The van der Waals surface area contributed by atoms with Crippen LogP contribution in [0.3, 0.4) is 0 Å². The van der Waals surface area contributed by atoms with Gasteiger partial charge in [-0.2, -0.15) is 0 Å². The number of nitrogens with one attached hydrogen (secondary N) is 3. The van der Waals surface area contributed by atoms with E-state index >= 15 is 0 Å². The summed E-state index contributed by atoms with van der Waals surface area (Å²) < 4.78 is 0. The van der Waals surface area contributed by atoms with E-state index in [9.17, 15) is 77.8 Å². The molecular weight excluding hydrogens is 1190 g/mol. The molecule has 0 heterocycles. The molecule has 0 aromatic heterocycles. The summed E-state index contributed by atoms with van der Waals surface area (Å²) in [6, 6.07) is 14.9. The van der Waals surface area contributed by atoms with Gasteiger partial charge in [0.15, 0.2) is 33.6 Å². The van der Waals surface area contributed by atoms with Crippen LogP contribution in [0.4, 0.5) is 0 Å². The van der Waals surface area contributed by atoms with E-state index in [0.29, 0.717) is 11.1 Å². The fraction of sp³-hybridized carbons (Fsp3) is 0.525. The van der Waals surface area contributed by atoms with Gasteiger partial charge in [-0.05, 0) is 82.3 Å². The number of guanidine groups is 4. The molecular formula is C59H84N16O16. The maximum atomic E-state index is 14.2. The third kappa shape index (κ3) is 35.0. The minimum absolute atomic E-state index is 0.000405. The lowest BCUT2D eigenvalue weighted by atomic mass is 9.83. The number of hydrazine groups is 2. The van der Waals surface area contributed by atoms with E-state index in [0.717, 1.165) is 0 Å². The first-order chi connectivity index (χ1) is 43.0. The fourth-order valence-electron chi connectivity index (χ4n) is 9.63. The van der Waals surface area contributed by atoms with Crippen LogP contribution in [0.2, 0.25) is 0 Å². The highest BCUT2D eigenvalue weighted by molar-refractivity contribution is 6.09. The van der Waals surface area contributed by atoms with Crippen molar-refractivity contribution in [2.45, 2.75) is 147 Å². The molecule has 0 fully saturated rings. The predicted molar refractivity (Wildman–Crippen MR) is 333 cm³/mol. The molecule has 0 aliphatic heterocycles. The molecule has 2 aromatic carbocycles. The van der Waals surface area contributed by atoms with Crippen molar-refractivity contribution in [2.24, 2.45) is 83.8 Å². The monoisotopic (exact) mass is 1270 g/mol. The molecule has 91 heavy (non-hydrogen) atoms. The molecule has 17 N–H and O–H groups in total. The minimum Gasteiger partial charge on any atom is -0.370 e. The number of hydrogen-bond acceptors (Lipinski definition) is 21. The van der Waals surface area contributed by atoms with E-state index in [1.54, 1.807) is 71.5 Å². The quantitative estimate of drug-likeness (QED) is 0.0102. The Labute approximate surface area is 524 Å². The summed E-state index contributed by atoms with van der Waals surface area (Å²) in [5.74, 6) is -14.6. The van der Waals surface area contributed by atoms with Crippen molar-refractivity contribution in [2.75, 3.05) is 26.2 Å². The van der Waals surface area contributed by atoms with Crippen LogP contribution >= 0.6 is 0 Å². The molecule has 2 aromatic rings. The topological polar surface area (TPSA) is 559 Å². The molecule has 496 valence electrons. The first-order valence-corrected chi connectivity index (χ1v) is 29.4. The smallest absolute Gasteiger partial charge is 0.251 e. The van der Waals surface area contributed by atoms with Gasteiger partial charge in [-0.1, -0.05) is 71.5 Å². The van der Waals surface area contributed by atoms with Crippen molar-refractivity contribution in [3.05, 3.63) is 92.0 Å². The molecule has 0 saturated heterocycles. The second-order valence-corrected chi connectivity index (χ2v) is 21.9. The van der Waals surface area contributed by atoms with Gasteiger partial charge < -0.3 is 45.5 Å². The number of hydrogen-bond donors (Lipinski definition) is 10. The van der Waals surface area contributed by atoms with Crippen LogP contribution < -0.4 is 56.3 Å². The fourth-order valence-corrected chi connectivity index (χ4v) is 9.63. The van der Waals surface area contributed by atoms with Gasteiger partial charge >= 0.3 is 0 Å². The number of ketones is 11. The molecule has 1 amide bonds. The summed E-state index contributed by atoms with van der Waals surface area (Å²) in [6.07, 6.45) is -6.22. The van der Waals surface area contributed by atoms with Crippen LogP contribution in [0.5, 0.6) is 0 Å². The largest absolute Gasteiger partial charge is 0.370 e. The van der Waals surface area contributed by atoms with Gasteiger partial charge in [-0.15, -0.1) is 0 Å². The number of amides is 1. The number of carbonyl (C=O) groups is 12. The van der Waals surface area contributed by atoms with E-state index < -0.39 is 191 Å². The third-order valence-electron chi connectivity index (χ3n) is 14.1. The van der Waals surface area contributed by atoms with Crippen LogP contribution in [-0.4, -0.2) is 142 Å². The number of nitro groups is 2. The van der Waals surface area contributed by atoms with Crippen LogP contribution in [0.15, 0.2) is 80.6 Å². The minimum atomic E-state index is -1.20. The predicted octanol–water partition coefficient (Wildman–Crippen LogP) is -0.211. The van der Waals surface area contributed by atoms with Gasteiger partial charge in [-0.25, -0.2) is 30.2 Å². The summed E-state index contributed by atoms with van der Waals surface area (Å²) >= 11 is 0. The number of carbonyl (C=O) groups excluding carboxylic acids is 12. The van der Waals surface area contributed by atoms with Gasteiger partial charge in [0, 0.05) is 75.5 Å². The average Bonchev–Trinajstić information content (AvgIpc) is 3.20. The number of Topliss-reactive ketones (excluding diaryl/α,β-unsaturated/α-hetero) is 11. The lowest BCUT2D eigenvalue weighted by Gasteiger charge is -2.20. The molecule has 6 atom stereocenters. The van der Waals surface area contributed by atoms with Crippen molar-refractivity contribution in [1.29, 1.82) is 0 Å². The zero-order valence-electron chi connectivity index (χ0n) is 51.0. The molecule has 0 saturated carbocycles. The number of nitrogens with two attached hydrogens (primary N) is 7. The van der Waals surface area contributed by atoms with E-state index in [1.807, 2.05) is 0 Å². The molecule has 0 aliphatic carbocycles. The highest BCUT2D eigenvalue weighted by Crippen LogP contribution is 2.25. The van der Waals surface area contributed by atoms with E-state index in [-0.39, 0.29) is 102 Å². The lowest BCUT2D eigenvalue weighted by Crippen LogP contribution is -2.44. The first kappa shape index (κ1) is 77.2. The Morgan fingerprint density at radius 1 is 0.440 bits per heavy atom. The van der Waals surface area contributed by atoms with Crippen molar-refractivity contribution in [1.82, 2.24) is 16.2 Å². The Bertz CT molecular complexity index is 3000. The van der Waals surface area contributed by atoms with E-state index in [2.05, 4.69) is 25.3 Å². The maximum Gasteiger partial charge on any atom is 0.251 e. The summed E-state index contributed by atoms with van der Waals surface area (Å²) in [5.41, 5.74) is 43.5. The van der Waals surface area contributed by atoms with Crippen LogP contribution in [0.25, 0.3) is 0 Å². The van der Waals surface area contributed by atoms with Gasteiger partial charge in [0.2, 0.25) is 5.91 Å². The van der Waals surface area contributed by atoms with Gasteiger partial charge in [0.25, 0.3) is 11.9 Å². The Morgan fingerprint density at radius 2 is 0.780 bits per heavy atom. The molecule has 0 bridgehead atoms. The third-order valence-corrected chi connectivity index (χ3v) is 14.1. The average molecular weight is 1270 g/mol. The second-order valence-electron chi connectivity index (χ2n) is 21.9. The van der Waals surface area contributed by atoms with Gasteiger partial charge in [0.1, 0.15) is 52.0 Å². The molecule has 32 heteroatoms. The Hall–Kier alpha value is -9.88. The Morgan fingerprint density at radius 3 is 1.16 bits per heavy atom. The van der Waals surface area contributed by atoms with Gasteiger partial charge in [-0.3, -0.25) is 67.5 Å². The second kappa shape index (κ2) is 42.1. The summed E-state index contributed by atoms with van der Waals surface area (Å²) in [7, 11) is 0. The van der Waals surface area contributed by atoms with Crippen molar-refractivity contribution in [3.63, 3.8) is 0 Å².